The second kappa shape index (κ2) is 7.21. The van der Waals surface area contributed by atoms with Gasteiger partial charge in [-0.3, -0.25) is 14.7 Å². The van der Waals surface area contributed by atoms with E-state index in [-0.39, 0.29) is 5.91 Å². The van der Waals surface area contributed by atoms with Crippen LogP contribution in [0.1, 0.15) is 18.4 Å². The fourth-order valence-corrected chi connectivity index (χ4v) is 2.32. The van der Waals surface area contributed by atoms with E-state index in [1.54, 1.807) is 6.20 Å². The maximum Gasteiger partial charge on any atom is 0.222 e. The van der Waals surface area contributed by atoms with Crippen molar-refractivity contribution in [2.24, 2.45) is 5.73 Å². The molecule has 19 heavy (non-hydrogen) atoms. The van der Waals surface area contributed by atoms with Gasteiger partial charge in [0.25, 0.3) is 0 Å². The molecule has 0 saturated carbocycles. The highest BCUT2D eigenvalue weighted by Gasteiger charge is 2.20. The highest BCUT2D eigenvalue weighted by atomic mass is 16.2. The number of nitrogens with zero attached hydrogens (tertiary/aromatic N) is 3. The van der Waals surface area contributed by atoms with Crippen LogP contribution in [-0.2, 0) is 11.3 Å². The number of aromatic nitrogens is 1. The smallest absolute Gasteiger partial charge is 0.222 e. The van der Waals surface area contributed by atoms with Crippen LogP contribution in [0.2, 0.25) is 0 Å². The molecule has 0 radical (unpaired) electrons. The molecule has 2 rings (SSSR count). The van der Waals surface area contributed by atoms with E-state index >= 15 is 0 Å². The molecule has 1 aromatic rings. The van der Waals surface area contributed by atoms with Crippen molar-refractivity contribution in [1.82, 2.24) is 14.8 Å². The molecule has 1 aromatic heterocycles. The third-order valence-corrected chi connectivity index (χ3v) is 3.45. The summed E-state index contributed by atoms with van der Waals surface area (Å²) in [5.41, 5.74) is 6.66. The van der Waals surface area contributed by atoms with Crippen molar-refractivity contribution in [3.05, 3.63) is 30.1 Å². The fourth-order valence-electron chi connectivity index (χ4n) is 2.32. The quantitative estimate of drug-likeness (QED) is 0.837. The van der Waals surface area contributed by atoms with E-state index in [0.717, 1.165) is 39.1 Å². The largest absolute Gasteiger partial charge is 0.340 e. The minimum Gasteiger partial charge on any atom is -0.340 e. The van der Waals surface area contributed by atoms with Gasteiger partial charge in [-0.25, -0.2) is 0 Å². The average molecular weight is 262 g/mol. The van der Waals surface area contributed by atoms with Crippen LogP contribution < -0.4 is 5.73 Å². The molecule has 0 aromatic carbocycles. The van der Waals surface area contributed by atoms with E-state index in [2.05, 4.69) is 16.0 Å². The predicted octanol–water partition coefficient (Wildman–Crippen LogP) is 0.465. The number of pyridine rings is 1. The molecule has 1 saturated heterocycles. The number of hydrogen-bond donors (Lipinski definition) is 1. The van der Waals surface area contributed by atoms with Crippen LogP contribution in [0.15, 0.2) is 24.5 Å². The number of carbonyl (C=O) groups is 1. The minimum absolute atomic E-state index is 0.242. The zero-order valence-corrected chi connectivity index (χ0v) is 11.3. The van der Waals surface area contributed by atoms with Crippen molar-refractivity contribution in [2.75, 3.05) is 32.7 Å². The first-order valence-corrected chi connectivity index (χ1v) is 6.88. The molecule has 2 N–H and O–H groups in total. The highest BCUT2D eigenvalue weighted by molar-refractivity contribution is 5.76. The van der Waals surface area contributed by atoms with E-state index in [9.17, 15) is 4.79 Å². The molecular formula is C14H22N4O. The normalized spacial score (nSPS) is 16.6. The summed E-state index contributed by atoms with van der Waals surface area (Å²) in [4.78, 5) is 20.3. The Labute approximate surface area is 114 Å². The molecule has 5 heteroatoms. The number of rotatable bonds is 5. The summed E-state index contributed by atoms with van der Waals surface area (Å²) in [6, 6.07) is 4.05. The maximum atomic E-state index is 11.9. The van der Waals surface area contributed by atoms with Gasteiger partial charge in [-0.1, -0.05) is 6.07 Å². The fraction of sp³-hybridized carbons (Fsp3) is 0.571. The Bertz CT molecular complexity index is 388. The van der Waals surface area contributed by atoms with Crippen LogP contribution in [0.3, 0.4) is 0 Å². The molecule has 0 aliphatic carbocycles. The van der Waals surface area contributed by atoms with Gasteiger partial charge in [0.1, 0.15) is 0 Å². The molecule has 104 valence electrons. The first-order valence-electron chi connectivity index (χ1n) is 6.88. The molecule has 1 aliphatic heterocycles. The summed E-state index contributed by atoms with van der Waals surface area (Å²) < 4.78 is 0. The second-order valence-corrected chi connectivity index (χ2v) is 4.91. The van der Waals surface area contributed by atoms with Crippen molar-refractivity contribution in [2.45, 2.75) is 19.4 Å². The maximum absolute atomic E-state index is 11.9. The third-order valence-electron chi connectivity index (χ3n) is 3.45. The van der Waals surface area contributed by atoms with Gasteiger partial charge in [-0.2, -0.15) is 0 Å². The molecular weight excluding hydrogens is 240 g/mol. The SMILES string of the molecule is NCCCC(=O)N1CCN(Cc2cccnc2)CC1. The summed E-state index contributed by atoms with van der Waals surface area (Å²) in [6.07, 6.45) is 5.06. The number of piperazine rings is 1. The monoisotopic (exact) mass is 262 g/mol. The molecule has 1 fully saturated rings. The van der Waals surface area contributed by atoms with Gasteiger partial charge in [-0.15, -0.1) is 0 Å². The van der Waals surface area contributed by atoms with Gasteiger partial charge >= 0.3 is 0 Å². The Balaban J connectivity index is 1.75. The third kappa shape index (κ3) is 4.29. The number of amides is 1. The summed E-state index contributed by atoms with van der Waals surface area (Å²) in [7, 11) is 0. The summed E-state index contributed by atoms with van der Waals surface area (Å²) in [5, 5.41) is 0. The van der Waals surface area contributed by atoms with Crippen LogP contribution in [0.25, 0.3) is 0 Å². The zero-order chi connectivity index (χ0) is 13.5. The zero-order valence-electron chi connectivity index (χ0n) is 11.3. The van der Waals surface area contributed by atoms with Gasteiger partial charge in [0, 0.05) is 51.5 Å². The Morgan fingerprint density at radius 1 is 1.32 bits per heavy atom. The van der Waals surface area contributed by atoms with Crippen LogP contribution in [0.5, 0.6) is 0 Å². The van der Waals surface area contributed by atoms with E-state index < -0.39 is 0 Å². The van der Waals surface area contributed by atoms with Crippen molar-refractivity contribution in [3.63, 3.8) is 0 Å². The Hall–Kier alpha value is -1.46. The van der Waals surface area contributed by atoms with Crippen molar-refractivity contribution in [3.8, 4) is 0 Å². The Morgan fingerprint density at radius 2 is 2.11 bits per heavy atom. The molecule has 0 unspecified atom stereocenters. The Morgan fingerprint density at radius 3 is 2.74 bits per heavy atom. The van der Waals surface area contributed by atoms with Crippen LogP contribution >= 0.6 is 0 Å². The van der Waals surface area contributed by atoms with Crippen molar-refractivity contribution < 1.29 is 4.79 Å². The van der Waals surface area contributed by atoms with Crippen LogP contribution in [0, 0.1) is 0 Å². The first kappa shape index (κ1) is 14.0. The summed E-state index contributed by atoms with van der Waals surface area (Å²) in [5.74, 6) is 0.242. The van der Waals surface area contributed by atoms with Gasteiger partial charge in [0.15, 0.2) is 0 Å². The lowest BCUT2D eigenvalue weighted by atomic mass is 10.2. The van der Waals surface area contributed by atoms with Gasteiger partial charge in [0.05, 0.1) is 0 Å². The van der Waals surface area contributed by atoms with Crippen LogP contribution in [0.4, 0.5) is 0 Å². The average Bonchev–Trinajstić information content (AvgIpc) is 2.46. The molecule has 1 amide bonds. The molecule has 2 heterocycles. The lowest BCUT2D eigenvalue weighted by Gasteiger charge is -2.34. The second-order valence-electron chi connectivity index (χ2n) is 4.91. The van der Waals surface area contributed by atoms with Gasteiger partial charge in [-0.05, 0) is 24.6 Å². The first-order chi connectivity index (χ1) is 9.29. The van der Waals surface area contributed by atoms with Crippen LogP contribution in [-0.4, -0.2) is 53.4 Å². The summed E-state index contributed by atoms with van der Waals surface area (Å²) >= 11 is 0. The topological polar surface area (TPSA) is 62.5 Å². The lowest BCUT2D eigenvalue weighted by molar-refractivity contribution is -0.133. The van der Waals surface area contributed by atoms with Gasteiger partial charge < -0.3 is 10.6 Å². The number of nitrogens with two attached hydrogens (primary N) is 1. The minimum atomic E-state index is 0.242. The van der Waals surface area contributed by atoms with Gasteiger partial charge in [0.2, 0.25) is 5.91 Å². The number of hydrogen-bond acceptors (Lipinski definition) is 4. The van der Waals surface area contributed by atoms with E-state index in [1.807, 2.05) is 17.2 Å². The van der Waals surface area contributed by atoms with E-state index in [0.29, 0.717) is 13.0 Å². The molecule has 0 bridgehead atoms. The summed E-state index contributed by atoms with van der Waals surface area (Å²) in [6.45, 7) is 5.02. The molecule has 0 spiro atoms. The molecule has 5 nitrogen and oxygen atoms in total. The van der Waals surface area contributed by atoms with Crippen molar-refractivity contribution in [1.29, 1.82) is 0 Å². The predicted molar refractivity (Wildman–Crippen MR) is 74.4 cm³/mol. The highest BCUT2D eigenvalue weighted by Crippen LogP contribution is 2.08. The van der Waals surface area contributed by atoms with E-state index in [4.69, 9.17) is 5.73 Å². The Kier molecular flexibility index (Phi) is 5.30. The lowest BCUT2D eigenvalue weighted by Crippen LogP contribution is -2.48. The van der Waals surface area contributed by atoms with Crippen molar-refractivity contribution >= 4 is 5.91 Å². The van der Waals surface area contributed by atoms with E-state index in [1.165, 1.54) is 5.56 Å². The molecule has 0 atom stereocenters. The standard InChI is InChI=1S/C14H22N4O/c15-5-1-4-14(19)18-9-7-17(8-10-18)12-13-3-2-6-16-11-13/h2-3,6,11H,1,4-5,7-10,12,15H2. The molecule has 1 aliphatic rings. The number of carbonyl (C=O) groups excluding carboxylic acids is 1.